The summed E-state index contributed by atoms with van der Waals surface area (Å²) in [6, 6.07) is 4.54. The Hall–Kier alpha value is -2.21. The van der Waals surface area contributed by atoms with Crippen LogP contribution >= 0.6 is 11.6 Å². The van der Waals surface area contributed by atoms with Crippen LogP contribution in [0.1, 0.15) is 22.3 Å². The summed E-state index contributed by atoms with van der Waals surface area (Å²) in [5.41, 5.74) is -1.43. The molecule has 0 aromatic heterocycles. The molecule has 1 unspecified atom stereocenters. The van der Waals surface area contributed by atoms with Gasteiger partial charge in [-0.3, -0.25) is 29.4 Å². The van der Waals surface area contributed by atoms with Crippen molar-refractivity contribution in [3.05, 3.63) is 34.3 Å². The minimum absolute atomic E-state index is 0.123. The van der Waals surface area contributed by atoms with Crippen molar-refractivity contribution in [3.63, 3.8) is 0 Å². The molecule has 1 N–H and O–H groups in total. The molecule has 1 spiro atoms. The van der Waals surface area contributed by atoms with Gasteiger partial charge in [0, 0.05) is 23.2 Å². The van der Waals surface area contributed by atoms with Crippen molar-refractivity contribution in [2.75, 3.05) is 7.05 Å². The number of carbonyl (C=O) groups is 4. The molecular weight excluding hydrogens is 284 g/mol. The van der Waals surface area contributed by atoms with Gasteiger partial charge < -0.3 is 0 Å². The molecule has 0 saturated carbocycles. The molecule has 7 heteroatoms. The Kier molecular flexibility index (Phi) is 2.49. The van der Waals surface area contributed by atoms with Crippen molar-refractivity contribution in [3.8, 4) is 0 Å². The topological polar surface area (TPSA) is 83.6 Å². The molecule has 1 aromatic carbocycles. The lowest BCUT2D eigenvalue weighted by Crippen LogP contribution is -2.56. The van der Waals surface area contributed by atoms with Crippen LogP contribution in [0.4, 0.5) is 0 Å². The first kappa shape index (κ1) is 12.8. The lowest BCUT2D eigenvalue weighted by Gasteiger charge is -2.35. The molecule has 0 aliphatic carbocycles. The third-order valence-electron chi connectivity index (χ3n) is 3.71. The Balaban J connectivity index is 2.39. The smallest absolute Gasteiger partial charge is 0.260 e. The second kappa shape index (κ2) is 3.89. The standard InChI is InChI=1S/C13H9ClN2O4/c1-16-10(18)6-3-2-4-7(14)9(6)13(12(16)20)5-8(17)15-11(13)19/h2-4H,5H2,1H3,(H,15,17,19). The molecule has 102 valence electrons. The molecule has 2 aliphatic heterocycles. The number of halogens is 1. The zero-order valence-electron chi connectivity index (χ0n) is 10.4. The minimum atomic E-state index is -1.73. The highest BCUT2D eigenvalue weighted by molar-refractivity contribution is 6.36. The zero-order chi connectivity index (χ0) is 14.7. The highest BCUT2D eigenvalue weighted by Gasteiger charge is 2.60. The van der Waals surface area contributed by atoms with Gasteiger partial charge in [-0.25, -0.2) is 0 Å². The average Bonchev–Trinajstić information content (AvgIpc) is 2.70. The number of hydrogen-bond acceptors (Lipinski definition) is 4. The first-order valence-electron chi connectivity index (χ1n) is 5.85. The fraction of sp³-hybridized carbons (Fsp3) is 0.231. The van der Waals surface area contributed by atoms with Crippen LogP contribution in [0.3, 0.4) is 0 Å². The lowest BCUT2D eigenvalue weighted by molar-refractivity contribution is -0.140. The molecule has 6 nitrogen and oxygen atoms in total. The summed E-state index contributed by atoms with van der Waals surface area (Å²) < 4.78 is 0. The maximum Gasteiger partial charge on any atom is 0.260 e. The third-order valence-corrected chi connectivity index (χ3v) is 4.03. The molecule has 1 fully saturated rings. The molecule has 1 atom stereocenters. The van der Waals surface area contributed by atoms with Crippen LogP contribution < -0.4 is 5.32 Å². The van der Waals surface area contributed by atoms with E-state index in [2.05, 4.69) is 5.32 Å². The van der Waals surface area contributed by atoms with E-state index in [4.69, 9.17) is 11.6 Å². The van der Waals surface area contributed by atoms with E-state index in [9.17, 15) is 19.2 Å². The summed E-state index contributed by atoms with van der Waals surface area (Å²) in [6.45, 7) is 0. The summed E-state index contributed by atoms with van der Waals surface area (Å²) in [5.74, 6) is -2.56. The van der Waals surface area contributed by atoms with Crippen molar-refractivity contribution in [2.24, 2.45) is 0 Å². The molecule has 4 amide bonds. The van der Waals surface area contributed by atoms with Gasteiger partial charge in [-0.05, 0) is 12.1 Å². The number of nitrogens with one attached hydrogen (secondary N) is 1. The largest absolute Gasteiger partial charge is 0.295 e. The Bertz CT molecular complexity index is 700. The number of nitrogens with zero attached hydrogens (tertiary/aromatic N) is 1. The Morgan fingerprint density at radius 1 is 1.25 bits per heavy atom. The van der Waals surface area contributed by atoms with Crippen molar-refractivity contribution in [1.82, 2.24) is 10.2 Å². The summed E-state index contributed by atoms with van der Waals surface area (Å²) >= 11 is 6.09. The Morgan fingerprint density at radius 2 is 1.95 bits per heavy atom. The molecule has 1 saturated heterocycles. The predicted octanol–water partition coefficient (Wildman–Crippen LogP) is 0.236. The maximum atomic E-state index is 12.5. The van der Waals surface area contributed by atoms with Gasteiger partial charge in [0.25, 0.3) is 5.91 Å². The quantitative estimate of drug-likeness (QED) is 0.548. The summed E-state index contributed by atoms with van der Waals surface area (Å²) in [5, 5.41) is 2.24. The number of carbonyl (C=O) groups excluding carboxylic acids is 4. The molecule has 3 rings (SSSR count). The fourth-order valence-electron chi connectivity index (χ4n) is 2.78. The number of rotatable bonds is 0. The van der Waals surface area contributed by atoms with Gasteiger partial charge in [-0.2, -0.15) is 0 Å². The summed E-state index contributed by atoms with van der Waals surface area (Å²) in [4.78, 5) is 49.2. The van der Waals surface area contributed by atoms with Gasteiger partial charge in [0.05, 0.1) is 6.42 Å². The predicted molar refractivity (Wildman–Crippen MR) is 68.0 cm³/mol. The first-order valence-corrected chi connectivity index (χ1v) is 6.23. The zero-order valence-corrected chi connectivity index (χ0v) is 11.2. The monoisotopic (exact) mass is 292 g/mol. The van der Waals surface area contributed by atoms with Crippen LogP contribution in [0.25, 0.3) is 0 Å². The second-order valence-corrected chi connectivity index (χ2v) is 5.20. The molecule has 2 heterocycles. The number of amides is 4. The molecule has 1 aromatic rings. The van der Waals surface area contributed by atoms with Crippen molar-refractivity contribution < 1.29 is 19.2 Å². The van der Waals surface area contributed by atoms with Crippen LogP contribution in [0.5, 0.6) is 0 Å². The normalized spacial score (nSPS) is 25.2. The van der Waals surface area contributed by atoms with E-state index >= 15 is 0 Å². The molecule has 20 heavy (non-hydrogen) atoms. The number of likely N-dealkylation sites (N-methyl/N-ethyl adjacent to an activating group) is 1. The summed E-state index contributed by atoms with van der Waals surface area (Å²) in [6.07, 6.45) is -0.334. The fourth-order valence-corrected chi connectivity index (χ4v) is 3.11. The van der Waals surface area contributed by atoms with Gasteiger partial charge in [0.2, 0.25) is 17.7 Å². The average molecular weight is 293 g/mol. The van der Waals surface area contributed by atoms with E-state index in [1.807, 2.05) is 0 Å². The van der Waals surface area contributed by atoms with Crippen molar-refractivity contribution >= 4 is 35.2 Å². The molecule has 2 aliphatic rings. The van der Waals surface area contributed by atoms with E-state index in [0.29, 0.717) is 0 Å². The van der Waals surface area contributed by atoms with Crippen LogP contribution in [0, 0.1) is 0 Å². The Labute approximate surface area is 118 Å². The number of benzene rings is 1. The number of fused-ring (bicyclic) bond motifs is 2. The van der Waals surface area contributed by atoms with Gasteiger partial charge in [0.15, 0.2) is 5.41 Å². The van der Waals surface area contributed by atoms with Gasteiger partial charge in [-0.1, -0.05) is 17.7 Å². The van der Waals surface area contributed by atoms with E-state index in [1.54, 1.807) is 6.07 Å². The van der Waals surface area contributed by atoms with E-state index in [-0.39, 0.29) is 22.6 Å². The minimum Gasteiger partial charge on any atom is -0.295 e. The highest BCUT2D eigenvalue weighted by Crippen LogP contribution is 2.43. The van der Waals surface area contributed by atoms with Crippen LogP contribution in [0.2, 0.25) is 5.02 Å². The summed E-state index contributed by atoms with van der Waals surface area (Å²) in [7, 11) is 1.28. The van der Waals surface area contributed by atoms with Crippen molar-refractivity contribution in [1.29, 1.82) is 0 Å². The highest BCUT2D eigenvalue weighted by atomic mass is 35.5. The molecule has 0 bridgehead atoms. The van der Waals surface area contributed by atoms with E-state index < -0.39 is 29.0 Å². The van der Waals surface area contributed by atoms with Crippen molar-refractivity contribution in [2.45, 2.75) is 11.8 Å². The van der Waals surface area contributed by atoms with Gasteiger partial charge in [-0.15, -0.1) is 0 Å². The van der Waals surface area contributed by atoms with Gasteiger partial charge in [0.1, 0.15) is 0 Å². The van der Waals surface area contributed by atoms with Gasteiger partial charge >= 0.3 is 0 Å². The SMILES string of the molecule is CN1C(=O)c2cccc(Cl)c2C2(CC(=O)NC2=O)C1=O. The Morgan fingerprint density at radius 3 is 2.55 bits per heavy atom. The second-order valence-electron chi connectivity index (χ2n) is 4.79. The first-order chi connectivity index (χ1) is 9.39. The van der Waals surface area contributed by atoms with Crippen LogP contribution in [-0.4, -0.2) is 35.6 Å². The van der Waals surface area contributed by atoms with E-state index in [0.717, 1.165) is 4.90 Å². The number of imide groups is 2. The molecule has 0 radical (unpaired) electrons. The van der Waals surface area contributed by atoms with Crippen LogP contribution in [0.15, 0.2) is 18.2 Å². The third kappa shape index (κ3) is 1.34. The number of hydrogen-bond donors (Lipinski definition) is 1. The lowest BCUT2D eigenvalue weighted by atomic mass is 9.73. The van der Waals surface area contributed by atoms with E-state index in [1.165, 1.54) is 19.2 Å². The van der Waals surface area contributed by atoms with Crippen LogP contribution in [-0.2, 0) is 19.8 Å². The maximum absolute atomic E-state index is 12.5. The molecular formula is C13H9ClN2O4.